The average Bonchev–Trinajstić information content (AvgIpc) is 2.85. The lowest BCUT2D eigenvalue weighted by Crippen LogP contribution is -2.37. The molecule has 2 rings (SSSR count). The Morgan fingerprint density at radius 3 is 2.94 bits per heavy atom. The van der Waals surface area contributed by atoms with Crippen LogP contribution in [-0.2, 0) is 4.74 Å². The number of thiophene rings is 1. The summed E-state index contributed by atoms with van der Waals surface area (Å²) in [5, 5.41) is 11.2. The predicted octanol–water partition coefficient (Wildman–Crippen LogP) is 2.08. The van der Waals surface area contributed by atoms with Gasteiger partial charge < -0.3 is 4.74 Å². The van der Waals surface area contributed by atoms with Crippen molar-refractivity contribution < 1.29 is 4.74 Å². The number of morpholine rings is 1. The van der Waals surface area contributed by atoms with Gasteiger partial charge >= 0.3 is 0 Å². The van der Waals surface area contributed by atoms with Gasteiger partial charge in [0.05, 0.1) is 25.2 Å². The van der Waals surface area contributed by atoms with E-state index in [1.165, 1.54) is 4.88 Å². The molecule has 1 aromatic rings. The van der Waals surface area contributed by atoms with Crippen LogP contribution in [0.1, 0.15) is 17.2 Å². The van der Waals surface area contributed by atoms with Gasteiger partial charge in [-0.25, -0.2) is 0 Å². The first-order valence-electron chi connectivity index (χ1n) is 5.63. The summed E-state index contributed by atoms with van der Waals surface area (Å²) in [5.41, 5.74) is 0. The lowest BCUT2D eigenvalue weighted by molar-refractivity contribution is 0.0371. The number of nitrogens with zero attached hydrogens (tertiary/aromatic N) is 2. The molecule has 0 radical (unpaired) electrons. The molecule has 1 fully saturated rings. The van der Waals surface area contributed by atoms with Crippen LogP contribution in [0.15, 0.2) is 17.5 Å². The summed E-state index contributed by atoms with van der Waals surface area (Å²) in [4.78, 5) is 3.57. The van der Waals surface area contributed by atoms with Crippen LogP contribution >= 0.6 is 11.3 Å². The standard InChI is InChI=1S/C12H16N2OS/c13-10-11(12-2-1-9-16-12)3-4-14-5-7-15-8-6-14/h1-2,9,11H,3-8H2. The topological polar surface area (TPSA) is 36.3 Å². The molecule has 1 atom stereocenters. The van der Waals surface area contributed by atoms with Gasteiger partial charge in [-0.15, -0.1) is 11.3 Å². The maximum atomic E-state index is 9.14. The van der Waals surface area contributed by atoms with Crippen LogP contribution in [-0.4, -0.2) is 37.7 Å². The molecule has 0 amide bonds. The molecular weight excluding hydrogens is 220 g/mol. The zero-order valence-electron chi connectivity index (χ0n) is 9.26. The average molecular weight is 236 g/mol. The van der Waals surface area contributed by atoms with E-state index in [1.807, 2.05) is 11.4 Å². The Hall–Kier alpha value is -0.890. The van der Waals surface area contributed by atoms with Crippen molar-refractivity contribution in [3.63, 3.8) is 0 Å². The lowest BCUT2D eigenvalue weighted by Gasteiger charge is -2.27. The zero-order valence-corrected chi connectivity index (χ0v) is 10.1. The van der Waals surface area contributed by atoms with Crippen molar-refractivity contribution in [2.45, 2.75) is 12.3 Å². The molecule has 1 aromatic heterocycles. The van der Waals surface area contributed by atoms with Crippen LogP contribution in [0.25, 0.3) is 0 Å². The van der Waals surface area contributed by atoms with Crippen molar-refractivity contribution in [3.05, 3.63) is 22.4 Å². The molecule has 1 aliphatic rings. The second-order valence-electron chi connectivity index (χ2n) is 3.94. The van der Waals surface area contributed by atoms with Crippen LogP contribution in [0.4, 0.5) is 0 Å². The Kier molecular flexibility index (Phi) is 4.34. The van der Waals surface area contributed by atoms with Crippen molar-refractivity contribution in [2.75, 3.05) is 32.8 Å². The highest BCUT2D eigenvalue weighted by atomic mass is 32.1. The van der Waals surface area contributed by atoms with E-state index in [0.29, 0.717) is 0 Å². The maximum absolute atomic E-state index is 9.14. The molecule has 0 aliphatic carbocycles. The summed E-state index contributed by atoms with van der Waals surface area (Å²) in [7, 11) is 0. The van der Waals surface area contributed by atoms with Gasteiger partial charge in [0.25, 0.3) is 0 Å². The predicted molar refractivity (Wildman–Crippen MR) is 64.5 cm³/mol. The summed E-state index contributed by atoms with van der Waals surface area (Å²) < 4.78 is 5.30. The molecule has 0 aromatic carbocycles. The fourth-order valence-corrected chi connectivity index (χ4v) is 2.70. The highest BCUT2D eigenvalue weighted by Crippen LogP contribution is 2.23. The molecule has 0 N–H and O–H groups in total. The number of hydrogen-bond acceptors (Lipinski definition) is 4. The second-order valence-corrected chi connectivity index (χ2v) is 4.92. The van der Waals surface area contributed by atoms with Gasteiger partial charge in [-0.2, -0.15) is 5.26 Å². The van der Waals surface area contributed by atoms with E-state index in [-0.39, 0.29) is 5.92 Å². The third-order valence-electron chi connectivity index (χ3n) is 2.88. The van der Waals surface area contributed by atoms with Crippen LogP contribution in [0.3, 0.4) is 0 Å². The molecule has 1 unspecified atom stereocenters. The molecule has 2 heterocycles. The lowest BCUT2D eigenvalue weighted by atomic mass is 10.1. The third kappa shape index (κ3) is 3.05. The largest absolute Gasteiger partial charge is 0.379 e. The van der Waals surface area contributed by atoms with Crippen molar-refractivity contribution in [2.24, 2.45) is 0 Å². The van der Waals surface area contributed by atoms with Gasteiger partial charge in [-0.3, -0.25) is 4.90 Å². The molecular formula is C12H16N2OS. The van der Waals surface area contributed by atoms with Crippen LogP contribution in [0.5, 0.6) is 0 Å². The molecule has 4 heteroatoms. The Morgan fingerprint density at radius 2 is 2.31 bits per heavy atom. The fraction of sp³-hybridized carbons (Fsp3) is 0.583. The highest BCUT2D eigenvalue weighted by Gasteiger charge is 2.15. The first-order valence-corrected chi connectivity index (χ1v) is 6.51. The van der Waals surface area contributed by atoms with E-state index in [0.717, 1.165) is 39.3 Å². The van der Waals surface area contributed by atoms with Crippen LogP contribution in [0.2, 0.25) is 0 Å². The minimum atomic E-state index is 0.0582. The molecule has 16 heavy (non-hydrogen) atoms. The van der Waals surface area contributed by atoms with Crippen molar-refractivity contribution in [1.82, 2.24) is 4.90 Å². The summed E-state index contributed by atoms with van der Waals surface area (Å²) in [6.45, 7) is 4.66. The molecule has 3 nitrogen and oxygen atoms in total. The van der Waals surface area contributed by atoms with Crippen molar-refractivity contribution >= 4 is 11.3 Å². The summed E-state index contributed by atoms with van der Waals surface area (Å²) in [6, 6.07) is 6.46. The van der Waals surface area contributed by atoms with E-state index in [2.05, 4.69) is 17.0 Å². The fourth-order valence-electron chi connectivity index (χ4n) is 1.90. The second kappa shape index (κ2) is 6.00. The van der Waals surface area contributed by atoms with Crippen molar-refractivity contribution in [3.8, 4) is 6.07 Å². The maximum Gasteiger partial charge on any atom is 0.0818 e. The third-order valence-corrected chi connectivity index (χ3v) is 3.87. The van der Waals surface area contributed by atoms with Gasteiger partial charge in [0, 0.05) is 18.0 Å². The SMILES string of the molecule is N#CC(CCN1CCOCC1)c1cccs1. The Morgan fingerprint density at radius 1 is 1.50 bits per heavy atom. The number of rotatable bonds is 4. The van der Waals surface area contributed by atoms with Gasteiger partial charge in [-0.05, 0) is 24.4 Å². The molecule has 0 spiro atoms. The van der Waals surface area contributed by atoms with Gasteiger partial charge in [0.2, 0.25) is 0 Å². The first-order chi connectivity index (χ1) is 7.90. The van der Waals surface area contributed by atoms with E-state index >= 15 is 0 Å². The number of hydrogen-bond donors (Lipinski definition) is 0. The Balaban J connectivity index is 1.81. The van der Waals surface area contributed by atoms with Gasteiger partial charge in [-0.1, -0.05) is 6.07 Å². The zero-order chi connectivity index (χ0) is 11.2. The number of nitriles is 1. The van der Waals surface area contributed by atoms with Crippen LogP contribution < -0.4 is 0 Å². The highest BCUT2D eigenvalue weighted by molar-refractivity contribution is 7.10. The molecule has 1 saturated heterocycles. The monoisotopic (exact) mass is 236 g/mol. The molecule has 0 saturated carbocycles. The molecule has 0 bridgehead atoms. The summed E-state index contributed by atoms with van der Waals surface area (Å²) in [5.74, 6) is 0.0582. The summed E-state index contributed by atoms with van der Waals surface area (Å²) in [6.07, 6.45) is 0.928. The van der Waals surface area contributed by atoms with E-state index in [9.17, 15) is 0 Å². The van der Waals surface area contributed by atoms with Crippen molar-refractivity contribution in [1.29, 1.82) is 5.26 Å². The van der Waals surface area contributed by atoms with Gasteiger partial charge in [0.15, 0.2) is 0 Å². The minimum absolute atomic E-state index is 0.0582. The minimum Gasteiger partial charge on any atom is -0.379 e. The Bertz CT molecular complexity index is 338. The van der Waals surface area contributed by atoms with E-state index in [4.69, 9.17) is 10.00 Å². The van der Waals surface area contributed by atoms with E-state index in [1.54, 1.807) is 11.3 Å². The quantitative estimate of drug-likeness (QED) is 0.803. The summed E-state index contributed by atoms with van der Waals surface area (Å²) >= 11 is 1.68. The van der Waals surface area contributed by atoms with E-state index < -0.39 is 0 Å². The smallest absolute Gasteiger partial charge is 0.0818 e. The number of ether oxygens (including phenoxy) is 1. The molecule has 1 aliphatic heterocycles. The first kappa shape index (κ1) is 11.6. The normalized spacial score (nSPS) is 19.2. The molecule has 86 valence electrons. The van der Waals surface area contributed by atoms with Crippen LogP contribution in [0, 0.1) is 11.3 Å². The van der Waals surface area contributed by atoms with Gasteiger partial charge in [0.1, 0.15) is 0 Å². The Labute approximate surface area is 100 Å².